The summed E-state index contributed by atoms with van der Waals surface area (Å²) >= 11 is 3.19. The van der Waals surface area contributed by atoms with Crippen molar-refractivity contribution in [3.63, 3.8) is 0 Å². The lowest BCUT2D eigenvalue weighted by molar-refractivity contribution is 0.0729. The van der Waals surface area contributed by atoms with E-state index >= 15 is 0 Å². The van der Waals surface area contributed by atoms with Crippen LogP contribution in [-0.4, -0.2) is 39.0 Å². The fourth-order valence-electron chi connectivity index (χ4n) is 2.60. The van der Waals surface area contributed by atoms with Crippen LogP contribution in [0.5, 0.6) is 0 Å². The molecule has 5 nitrogen and oxygen atoms in total. The van der Waals surface area contributed by atoms with E-state index in [0.29, 0.717) is 15.7 Å². The third-order valence-electron chi connectivity index (χ3n) is 4.02. The molecular formula is C17H17BrF2N2O3S. The molecule has 1 aliphatic rings. The van der Waals surface area contributed by atoms with Gasteiger partial charge in [-0.05, 0) is 30.3 Å². The molecule has 2 aromatic rings. The number of morpholine rings is 1. The first-order chi connectivity index (χ1) is 12.4. The summed E-state index contributed by atoms with van der Waals surface area (Å²) in [7, 11) is -3.95. The van der Waals surface area contributed by atoms with Gasteiger partial charge in [0.1, 0.15) is 16.5 Å². The van der Waals surface area contributed by atoms with Gasteiger partial charge in [0.2, 0.25) is 10.0 Å². The summed E-state index contributed by atoms with van der Waals surface area (Å²) in [5.74, 6) is -1.22. The molecule has 1 N–H and O–H groups in total. The van der Waals surface area contributed by atoms with Crippen molar-refractivity contribution in [3.8, 4) is 0 Å². The van der Waals surface area contributed by atoms with Crippen LogP contribution in [0.15, 0.2) is 45.8 Å². The van der Waals surface area contributed by atoms with Gasteiger partial charge in [-0.2, -0.15) is 4.31 Å². The molecule has 0 unspecified atom stereocenters. The van der Waals surface area contributed by atoms with E-state index in [1.54, 1.807) is 12.1 Å². The SMILES string of the molecule is O=S(=O)(c1cc(NCc2ccc(Br)cc2F)ccc1F)N1CCOCC1. The maximum atomic E-state index is 14.2. The Kier molecular flexibility index (Phi) is 5.91. The zero-order valence-corrected chi connectivity index (χ0v) is 16.1. The highest BCUT2D eigenvalue weighted by Crippen LogP contribution is 2.24. The van der Waals surface area contributed by atoms with Crippen molar-refractivity contribution in [2.24, 2.45) is 0 Å². The molecule has 3 rings (SSSR count). The molecule has 0 amide bonds. The number of hydrogen-bond acceptors (Lipinski definition) is 4. The summed E-state index contributed by atoms with van der Waals surface area (Å²) in [6.07, 6.45) is 0. The second kappa shape index (κ2) is 7.99. The Morgan fingerprint density at radius 2 is 1.81 bits per heavy atom. The Labute approximate surface area is 159 Å². The number of benzene rings is 2. The van der Waals surface area contributed by atoms with Crippen molar-refractivity contribution >= 4 is 31.6 Å². The number of sulfonamides is 1. The largest absolute Gasteiger partial charge is 0.381 e. The standard InChI is InChI=1S/C17H17BrF2N2O3S/c18-13-2-1-12(16(20)9-13)11-21-14-3-4-15(19)17(10-14)26(23,24)22-5-7-25-8-6-22/h1-4,9-10,21H,5-8,11H2. The molecule has 0 spiro atoms. The summed E-state index contributed by atoms with van der Waals surface area (Å²) in [6, 6.07) is 8.41. The minimum Gasteiger partial charge on any atom is -0.381 e. The summed E-state index contributed by atoms with van der Waals surface area (Å²) in [6.45, 7) is 1.07. The average Bonchev–Trinajstić information content (AvgIpc) is 2.63. The van der Waals surface area contributed by atoms with Crippen LogP contribution in [0, 0.1) is 11.6 Å². The Morgan fingerprint density at radius 1 is 1.08 bits per heavy atom. The van der Waals surface area contributed by atoms with E-state index in [1.807, 2.05) is 0 Å². The highest BCUT2D eigenvalue weighted by molar-refractivity contribution is 9.10. The number of nitrogens with one attached hydrogen (secondary N) is 1. The number of hydrogen-bond donors (Lipinski definition) is 1. The summed E-state index contributed by atoms with van der Waals surface area (Å²) in [4.78, 5) is -0.402. The summed E-state index contributed by atoms with van der Waals surface area (Å²) in [5.41, 5.74) is 0.802. The molecule has 0 bridgehead atoms. The minimum atomic E-state index is -3.95. The number of halogens is 3. The highest BCUT2D eigenvalue weighted by atomic mass is 79.9. The molecule has 0 aromatic heterocycles. The van der Waals surface area contributed by atoms with Gasteiger partial charge in [-0.1, -0.05) is 22.0 Å². The third kappa shape index (κ3) is 4.22. The average molecular weight is 447 g/mol. The van der Waals surface area contributed by atoms with E-state index in [-0.39, 0.29) is 32.8 Å². The molecule has 1 fully saturated rings. The first kappa shape index (κ1) is 19.2. The Balaban J connectivity index is 1.81. The van der Waals surface area contributed by atoms with Crippen molar-refractivity contribution in [2.75, 3.05) is 31.6 Å². The van der Waals surface area contributed by atoms with Gasteiger partial charge in [-0.15, -0.1) is 0 Å². The number of nitrogens with zero attached hydrogens (tertiary/aromatic N) is 1. The topological polar surface area (TPSA) is 58.6 Å². The van der Waals surface area contributed by atoms with Crippen LogP contribution < -0.4 is 5.32 Å². The molecule has 0 saturated carbocycles. The number of ether oxygens (including phenoxy) is 1. The minimum absolute atomic E-state index is 0.141. The maximum absolute atomic E-state index is 14.2. The molecule has 1 heterocycles. The Bertz CT molecular complexity index is 903. The van der Waals surface area contributed by atoms with Crippen LogP contribution in [0.3, 0.4) is 0 Å². The predicted molar refractivity (Wildman–Crippen MR) is 97.4 cm³/mol. The molecule has 9 heteroatoms. The van der Waals surface area contributed by atoms with Gasteiger partial charge < -0.3 is 10.1 Å². The van der Waals surface area contributed by atoms with Gasteiger partial charge >= 0.3 is 0 Å². The smallest absolute Gasteiger partial charge is 0.246 e. The van der Waals surface area contributed by atoms with Crippen molar-refractivity contribution in [1.29, 1.82) is 0 Å². The summed E-state index contributed by atoms with van der Waals surface area (Å²) < 4.78 is 60.3. The van der Waals surface area contributed by atoms with Crippen molar-refractivity contribution < 1.29 is 21.9 Å². The normalized spacial score (nSPS) is 15.8. The Morgan fingerprint density at radius 3 is 2.50 bits per heavy atom. The van der Waals surface area contributed by atoms with E-state index in [9.17, 15) is 17.2 Å². The van der Waals surface area contributed by atoms with Gasteiger partial charge in [0.15, 0.2) is 0 Å². The first-order valence-corrected chi connectivity index (χ1v) is 10.2. The predicted octanol–water partition coefficient (Wildman–Crippen LogP) is 3.36. The molecule has 2 aromatic carbocycles. The fraction of sp³-hybridized carbons (Fsp3) is 0.294. The lowest BCUT2D eigenvalue weighted by Gasteiger charge is -2.26. The van der Waals surface area contributed by atoms with Crippen LogP contribution in [0.4, 0.5) is 14.5 Å². The number of anilines is 1. The van der Waals surface area contributed by atoms with Crippen LogP contribution in [0.1, 0.15) is 5.56 Å². The first-order valence-electron chi connectivity index (χ1n) is 7.93. The van der Waals surface area contributed by atoms with E-state index in [4.69, 9.17) is 4.74 Å². The van der Waals surface area contributed by atoms with Gasteiger partial charge in [-0.3, -0.25) is 0 Å². The third-order valence-corrected chi connectivity index (χ3v) is 6.42. The van der Waals surface area contributed by atoms with E-state index in [0.717, 1.165) is 6.07 Å². The van der Waals surface area contributed by atoms with Crippen LogP contribution in [0.25, 0.3) is 0 Å². The molecule has 1 saturated heterocycles. The Hall–Kier alpha value is -1.55. The lowest BCUT2D eigenvalue weighted by atomic mass is 10.2. The monoisotopic (exact) mass is 446 g/mol. The second-order valence-corrected chi connectivity index (χ2v) is 8.57. The maximum Gasteiger partial charge on any atom is 0.246 e. The van der Waals surface area contributed by atoms with Gasteiger partial charge in [0, 0.05) is 35.4 Å². The van der Waals surface area contributed by atoms with Crippen molar-refractivity contribution in [1.82, 2.24) is 4.31 Å². The highest BCUT2D eigenvalue weighted by Gasteiger charge is 2.29. The lowest BCUT2D eigenvalue weighted by Crippen LogP contribution is -2.40. The van der Waals surface area contributed by atoms with Crippen LogP contribution in [-0.2, 0) is 21.3 Å². The van der Waals surface area contributed by atoms with Gasteiger partial charge in [-0.25, -0.2) is 17.2 Å². The van der Waals surface area contributed by atoms with E-state index < -0.39 is 26.6 Å². The molecular weight excluding hydrogens is 430 g/mol. The molecule has 140 valence electrons. The molecule has 0 atom stereocenters. The quantitative estimate of drug-likeness (QED) is 0.764. The van der Waals surface area contributed by atoms with Crippen LogP contribution in [0.2, 0.25) is 0 Å². The van der Waals surface area contributed by atoms with E-state index in [1.165, 1.54) is 22.5 Å². The molecule has 26 heavy (non-hydrogen) atoms. The fourth-order valence-corrected chi connectivity index (χ4v) is 4.43. The summed E-state index contributed by atoms with van der Waals surface area (Å²) in [5, 5.41) is 2.93. The van der Waals surface area contributed by atoms with Crippen molar-refractivity contribution in [2.45, 2.75) is 11.4 Å². The number of rotatable bonds is 5. The van der Waals surface area contributed by atoms with Gasteiger partial charge in [0.25, 0.3) is 0 Å². The molecule has 1 aliphatic heterocycles. The zero-order chi connectivity index (χ0) is 18.7. The zero-order valence-electron chi connectivity index (χ0n) is 13.7. The van der Waals surface area contributed by atoms with E-state index in [2.05, 4.69) is 21.2 Å². The molecule has 0 aliphatic carbocycles. The van der Waals surface area contributed by atoms with Gasteiger partial charge in [0.05, 0.1) is 13.2 Å². The second-order valence-electron chi connectivity index (χ2n) is 5.75. The van der Waals surface area contributed by atoms with Crippen LogP contribution >= 0.6 is 15.9 Å². The molecule has 0 radical (unpaired) electrons. The van der Waals surface area contributed by atoms with Crippen molar-refractivity contribution in [3.05, 3.63) is 58.1 Å².